The summed E-state index contributed by atoms with van der Waals surface area (Å²) in [6, 6.07) is 0.756. The zero-order chi connectivity index (χ0) is 11.2. The number of amides is 1. The summed E-state index contributed by atoms with van der Waals surface area (Å²) in [7, 11) is 0. The zero-order valence-electron chi connectivity index (χ0n) is 10.0. The predicted molar refractivity (Wildman–Crippen MR) is 64.3 cm³/mol. The summed E-state index contributed by atoms with van der Waals surface area (Å²) in [6.45, 7) is 5.12. The van der Waals surface area contributed by atoms with Crippen molar-refractivity contribution in [3.05, 3.63) is 0 Å². The Morgan fingerprint density at radius 3 is 3.06 bits per heavy atom. The van der Waals surface area contributed by atoms with Crippen molar-refractivity contribution < 1.29 is 4.79 Å². The normalized spacial score (nSPS) is 27.8. The average molecular weight is 225 g/mol. The quantitative estimate of drug-likeness (QED) is 0.725. The number of nitrogens with one attached hydrogen (secondary N) is 2. The Bertz CT molecular complexity index is 226. The van der Waals surface area contributed by atoms with Crippen LogP contribution in [0.2, 0.25) is 0 Å². The van der Waals surface area contributed by atoms with Crippen LogP contribution in [-0.2, 0) is 4.79 Å². The van der Waals surface area contributed by atoms with Gasteiger partial charge in [-0.1, -0.05) is 0 Å². The molecule has 4 heteroatoms. The molecule has 2 saturated heterocycles. The van der Waals surface area contributed by atoms with Crippen molar-refractivity contribution in [1.29, 1.82) is 0 Å². The van der Waals surface area contributed by atoms with E-state index in [1.807, 2.05) is 0 Å². The third-order valence-electron chi connectivity index (χ3n) is 3.59. The van der Waals surface area contributed by atoms with Crippen LogP contribution in [-0.4, -0.2) is 49.6 Å². The highest BCUT2D eigenvalue weighted by atomic mass is 16.1. The fraction of sp³-hybridized carbons (Fsp3) is 0.917. The van der Waals surface area contributed by atoms with Crippen LogP contribution < -0.4 is 10.6 Å². The second kappa shape index (κ2) is 6.21. The molecule has 1 unspecified atom stereocenters. The Balaban J connectivity index is 1.59. The topological polar surface area (TPSA) is 44.4 Å². The van der Waals surface area contributed by atoms with E-state index in [0.717, 1.165) is 32.2 Å². The molecule has 2 rings (SSSR count). The third kappa shape index (κ3) is 3.76. The number of carbonyl (C=O) groups is 1. The van der Waals surface area contributed by atoms with E-state index in [0.29, 0.717) is 6.42 Å². The van der Waals surface area contributed by atoms with Crippen molar-refractivity contribution in [2.24, 2.45) is 0 Å². The Morgan fingerprint density at radius 2 is 2.25 bits per heavy atom. The molecule has 92 valence electrons. The van der Waals surface area contributed by atoms with E-state index in [9.17, 15) is 4.79 Å². The molecule has 0 bridgehead atoms. The van der Waals surface area contributed by atoms with Gasteiger partial charge in [-0.05, 0) is 38.8 Å². The lowest BCUT2D eigenvalue weighted by atomic mass is 10.1. The van der Waals surface area contributed by atoms with Gasteiger partial charge in [-0.2, -0.15) is 0 Å². The van der Waals surface area contributed by atoms with Gasteiger partial charge in [-0.25, -0.2) is 0 Å². The molecule has 2 heterocycles. The van der Waals surface area contributed by atoms with Crippen molar-refractivity contribution in [2.45, 2.75) is 38.1 Å². The van der Waals surface area contributed by atoms with Gasteiger partial charge in [0.1, 0.15) is 0 Å². The van der Waals surface area contributed by atoms with Crippen molar-refractivity contribution in [2.75, 3.05) is 32.7 Å². The minimum absolute atomic E-state index is 0.208. The second-order valence-corrected chi connectivity index (χ2v) is 4.88. The van der Waals surface area contributed by atoms with E-state index >= 15 is 0 Å². The molecule has 0 aromatic carbocycles. The summed E-state index contributed by atoms with van der Waals surface area (Å²) in [6.07, 6.45) is 5.90. The monoisotopic (exact) mass is 225 g/mol. The molecule has 0 saturated carbocycles. The lowest BCUT2D eigenvalue weighted by Crippen LogP contribution is -2.30. The van der Waals surface area contributed by atoms with Gasteiger partial charge in [0.15, 0.2) is 0 Å². The lowest BCUT2D eigenvalue weighted by molar-refractivity contribution is -0.120. The first-order valence-corrected chi connectivity index (χ1v) is 6.57. The largest absolute Gasteiger partial charge is 0.355 e. The standard InChI is InChI=1S/C12H23N3O/c16-12-5-9-15(10-7-14-12)8-2-4-11-3-1-6-13-11/h11,13H,1-10H2,(H,14,16). The molecule has 0 radical (unpaired) electrons. The summed E-state index contributed by atoms with van der Waals surface area (Å²) in [4.78, 5) is 13.6. The first-order chi connectivity index (χ1) is 7.84. The van der Waals surface area contributed by atoms with Gasteiger partial charge in [0.05, 0.1) is 0 Å². The molecule has 2 fully saturated rings. The van der Waals surface area contributed by atoms with Gasteiger partial charge in [0.25, 0.3) is 0 Å². The van der Waals surface area contributed by atoms with Crippen LogP contribution >= 0.6 is 0 Å². The van der Waals surface area contributed by atoms with Gasteiger partial charge in [-0.3, -0.25) is 4.79 Å². The van der Waals surface area contributed by atoms with Crippen molar-refractivity contribution in [1.82, 2.24) is 15.5 Å². The number of carbonyl (C=O) groups excluding carboxylic acids is 1. The molecule has 4 nitrogen and oxygen atoms in total. The van der Waals surface area contributed by atoms with E-state index in [1.54, 1.807) is 0 Å². The Labute approximate surface area is 97.8 Å². The molecule has 0 aliphatic carbocycles. The summed E-state index contributed by atoms with van der Waals surface area (Å²) < 4.78 is 0. The lowest BCUT2D eigenvalue weighted by Gasteiger charge is -2.19. The van der Waals surface area contributed by atoms with Gasteiger partial charge >= 0.3 is 0 Å². The molecule has 2 N–H and O–H groups in total. The Morgan fingerprint density at radius 1 is 1.31 bits per heavy atom. The smallest absolute Gasteiger partial charge is 0.221 e. The predicted octanol–water partition coefficient (Wildman–Crippen LogP) is 0.341. The minimum atomic E-state index is 0.208. The number of hydrogen-bond donors (Lipinski definition) is 2. The summed E-state index contributed by atoms with van der Waals surface area (Å²) in [5, 5.41) is 6.44. The molecule has 1 atom stereocenters. The zero-order valence-corrected chi connectivity index (χ0v) is 10.0. The van der Waals surface area contributed by atoms with E-state index in [1.165, 1.54) is 32.2 Å². The van der Waals surface area contributed by atoms with Crippen LogP contribution in [0.25, 0.3) is 0 Å². The van der Waals surface area contributed by atoms with Crippen molar-refractivity contribution in [3.63, 3.8) is 0 Å². The molecular formula is C12H23N3O. The maximum atomic E-state index is 11.2. The van der Waals surface area contributed by atoms with Crippen LogP contribution in [0, 0.1) is 0 Å². The van der Waals surface area contributed by atoms with Gasteiger partial charge < -0.3 is 15.5 Å². The van der Waals surface area contributed by atoms with E-state index < -0.39 is 0 Å². The summed E-state index contributed by atoms with van der Waals surface area (Å²) >= 11 is 0. The highest BCUT2D eigenvalue weighted by Gasteiger charge is 2.15. The first-order valence-electron chi connectivity index (χ1n) is 6.57. The fourth-order valence-electron chi connectivity index (χ4n) is 2.60. The Kier molecular flexibility index (Phi) is 4.60. The molecule has 2 aliphatic rings. The maximum absolute atomic E-state index is 11.2. The van der Waals surface area contributed by atoms with Crippen LogP contribution in [0.15, 0.2) is 0 Å². The third-order valence-corrected chi connectivity index (χ3v) is 3.59. The number of hydrogen-bond acceptors (Lipinski definition) is 3. The van der Waals surface area contributed by atoms with E-state index in [4.69, 9.17) is 0 Å². The highest BCUT2D eigenvalue weighted by molar-refractivity contribution is 5.76. The van der Waals surface area contributed by atoms with E-state index in [2.05, 4.69) is 15.5 Å². The molecular weight excluding hydrogens is 202 g/mol. The second-order valence-electron chi connectivity index (χ2n) is 4.88. The number of rotatable bonds is 4. The van der Waals surface area contributed by atoms with Crippen molar-refractivity contribution in [3.8, 4) is 0 Å². The molecule has 0 aromatic rings. The van der Waals surface area contributed by atoms with Crippen LogP contribution in [0.1, 0.15) is 32.1 Å². The average Bonchev–Trinajstić information content (AvgIpc) is 2.70. The molecule has 16 heavy (non-hydrogen) atoms. The van der Waals surface area contributed by atoms with E-state index in [-0.39, 0.29) is 5.91 Å². The molecule has 0 spiro atoms. The summed E-state index contributed by atoms with van der Waals surface area (Å²) in [5.74, 6) is 0.208. The van der Waals surface area contributed by atoms with Crippen LogP contribution in [0.4, 0.5) is 0 Å². The van der Waals surface area contributed by atoms with Gasteiger partial charge in [0.2, 0.25) is 5.91 Å². The first kappa shape index (κ1) is 11.9. The van der Waals surface area contributed by atoms with Gasteiger partial charge in [0, 0.05) is 32.1 Å². The molecule has 1 amide bonds. The minimum Gasteiger partial charge on any atom is -0.355 e. The highest BCUT2D eigenvalue weighted by Crippen LogP contribution is 2.11. The van der Waals surface area contributed by atoms with Crippen molar-refractivity contribution >= 4 is 5.91 Å². The Hall–Kier alpha value is -0.610. The molecule has 2 aliphatic heterocycles. The summed E-state index contributed by atoms with van der Waals surface area (Å²) in [5.41, 5.74) is 0. The van der Waals surface area contributed by atoms with Gasteiger partial charge in [-0.15, -0.1) is 0 Å². The number of nitrogens with zero attached hydrogens (tertiary/aromatic N) is 1. The maximum Gasteiger partial charge on any atom is 0.221 e. The SMILES string of the molecule is O=C1CCN(CCCC2CCCN2)CCN1. The molecule has 0 aromatic heterocycles. The fourth-order valence-corrected chi connectivity index (χ4v) is 2.60. The van der Waals surface area contributed by atoms with Crippen LogP contribution in [0.5, 0.6) is 0 Å². The van der Waals surface area contributed by atoms with Crippen LogP contribution in [0.3, 0.4) is 0 Å².